The fourth-order valence-corrected chi connectivity index (χ4v) is 3.25. The third-order valence-corrected chi connectivity index (χ3v) is 4.36. The fraction of sp³-hybridized carbons (Fsp3) is 0.235. The van der Waals surface area contributed by atoms with E-state index in [2.05, 4.69) is 25.1 Å². The maximum atomic E-state index is 9.82. The zero-order chi connectivity index (χ0) is 14.5. The Hall–Kier alpha value is -1.76. The van der Waals surface area contributed by atoms with Gasteiger partial charge in [-0.1, -0.05) is 30.3 Å². The third-order valence-electron chi connectivity index (χ3n) is 3.24. The summed E-state index contributed by atoms with van der Waals surface area (Å²) >= 11 is 1.66. The zero-order valence-corrected chi connectivity index (χ0v) is 12.4. The first-order valence-electron chi connectivity index (χ1n) is 6.51. The second-order valence-electron chi connectivity index (χ2n) is 4.76. The molecule has 1 N–H and O–H groups in total. The standard InChI is InChI=1S/C17H17NOS/c1-12-5-3-4-6-15(12)11-20-17-9-14(10-18)7-8-16(17)13(2)19/h3-9,13,19H,11H2,1-2H3. The smallest absolute Gasteiger partial charge is 0.0992 e. The van der Waals surface area contributed by atoms with E-state index in [-0.39, 0.29) is 0 Å². The zero-order valence-electron chi connectivity index (χ0n) is 11.6. The Labute approximate surface area is 124 Å². The van der Waals surface area contributed by atoms with Crippen LogP contribution in [0.3, 0.4) is 0 Å². The van der Waals surface area contributed by atoms with Crippen molar-refractivity contribution in [2.75, 3.05) is 0 Å². The average molecular weight is 283 g/mol. The van der Waals surface area contributed by atoms with Gasteiger partial charge in [0.1, 0.15) is 0 Å². The predicted octanol–water partition coefficient (Wildman–Crippen LogP) is 4.21. The number of thioether (sulfide) groups is 1. The quantitative estimate of drug-likeness (QED) is 0.855. The molecule has 0 heterocycles. The van der Waals surface area contributed by atoms with Crippen molar-refractivity contribution < 1.29 is 5.11 Å². The molecule has 102 valence electrons. The molecule has 2 aromatic carbocycles. The molecular weight excluding hydrogens is 266 g/mol. The number of nitrogens with zero attached hydrogens (tertiary/aromatic N) is 1. The van der Waals surface area contributed by atoms with E-state index in [0.717, 1.165) is 16.2 Å². The number of aliphatic hydroxyl groups is 1. The monoisotopic (exact) mass is 283 g/mol. The van der Waals surface area contributed by atoms with E-state index in [1.807, 2.05) is 24.3 Å². The van der Waals surface area contributed by atoms with E-state index < -0.39 is 6.10 Å². The van der Waals surface area contributed by atoms with Crippen molar-refractivity contribution in [1.29, 1.82) is 5.26 Å². The Morgan fingerprint density at radius 3 is 2.65 bits per heavy atom. The van der Waals surface area contributed by atoms with Gasteiger partial charge < -0.3 is 5.11 Å². The topological polar surface area (TPSA) is 44.0 Å². The van der Waals surface area contributed by atoms with Gasteiger partial charge in [0.15, 0.2) is 0 Å². The lowest BCUT2D eigenvalue weighted by atomic mass is 10.1. The van der Waals surface area contributed by atoms with Gasteiger partial charge in [-0.25, -0.2) is 0 Å². The van der Waals surface area contributed by atoms with Crippen molar-refractivity contribution in [2.45, 2.75) is 30.6 Å². The number of aliphatic hydroxyl groups excluding tert-OH is 1. The molecule has 3 heteroatoms. The highest BCUT2D eigenvalue weighted by Gasteiger charge is 2.10. The van der Waals surface area contributed by atoms with Crippen LogP contribution in [0.25, 0.3) is 0 Å². The summed E-state index contributed by atoms with van der Waals surface area (Å²) in [5, 5.41) is 18.8. The second kappa shape index (κ2) is 6.60. The summed E-state index contributed by atoms with van der Waals surface area (Å²) in [5.74, 6) is 0.835. The van der Waals surface area contributed by atoms with Crippen molar-refractivity contribution in [3.63, 3.8) is 0 Å². The van der Waals surface area contributed by atoms with E-state index in [9.17, 15) is 5.11 Å². The highest BCUT2D eigenvalue weighted by molar-refractivity contribution is 7.98. The molecule has 0 bridgehead atoms. The van der Waals surface area contributed by atoms with Gasteiger partial charge in [-0.3, -0.25) is 0 Å². The molecule has 1 atom stereocenters. The molecule has 0 saturated heterocycles. The van der Waals surface area contributed by atoms with Crippen molar-refractivity contribution in [2.24, 2.45) is 0 Å². The van der Waals surface area contributed by atoms with Crippen LogP contribution in [0, 0.1) is 18.3 Å². The largest absolute Gasteiger partial charge is 0.389 e. The molecule has 0 aliphatic heterocycles. The van der Waals surface area contributed by atoms with E-state index in [4.69, 9.17) is 5.26 Å². The van der Waals surface area contributed by atoms with Gasteiger partial charge in [0, 0.05) is 10.6 Å². The molecule has 0 aliphatic rings. The molecule has 0 spiro atoms. The Balaban J connectivity index is 2.24. The summed E-state index contributed by atoms with van der Waals surface area (Å²) in [6.45, 7) is 3.84. The SMILES string of the molecule is Cc1ccccc1CSc1cc(C#N)ccc1C(C)O. The molecule has 2 nitrogen and oxygen atoms in total. The number of nitriles is 1. The normalized spacial score (nSPS) is 11.9. The van der Waals surface area contributed by atoms with Crippen LogP contribution in [0.4, 0.5) is 0 Å². The van der Waals surface area contributed by atoms with Crippen molar-refractivity contribution >= 4 is 11.8 Å². The fourth-order valence-electron chi connectivity index (χ4n) is 2.00. The predicted molar refractivity (Wildman–Crippen MR) is 82.5 cm³/mol. The van der Waals surface area contributed by atoms with Gasteiger partial charge in [0.05, 0.1) is 17.7 Å². The number of rotatable bonds is 4. The Kier molecular flexibility index (Phi) is 4.84. The summed E-state index contributed by atoms with van der Waals surface area (Å²) in [5.41, 5.74) is 4.04. The Bertz CT molecular complexity index is 644. The van der Waals surface area contributed by atoms with E-state index >= 15 is 0 Å². The summed E-state index contributed by atoms with van der Waals surface area (Å²) in [6.07, 6.45) is -0.526. The molecule has 0 saturated carbocycles. The van der Waals surface area contributed by atoms with Crippen LogP contribution in [-0.4, -0.2) is 5.11 Å². The molecule has 20 heavy (non-hydrogen) atoms. The minimum absolute atomic E-state index is 0.526. The van der Waals surface area contributed by atoms with Gasteiger partial charge in [0.2, 0.25) is 0 Å². The summed E-state index contributed by atoms with van der Waals surface area (Å²) in [4.78, 5) is 0.974. The lowest BCUT2D eigenvalue weighted by Gasteiger charge is -2.12. The Morgan fingerprint density at radius 1 is 1.25 bits per heavy atom. The van der Waals surface area contributed by atoms with Gasteiger partial charge in [-0.05, 0) is 42.7 Å². The number of hydrogen-bond acceptors (Lipinski definition) is 3. The van der Waals surface area contributed by atoms with Crippen LogP contribution < -0.4 is 0 Å². The molecule has 0 aliphatic carbocycles. The summed E-state index contributed by atoms with van der Waals surface area (Å²) in [7, 11) is 0. The number of aryl methyl sites for hydroxylation is 1. The summed E-state index contributed by atoms with van der Waals surface area (Å²) in [6, 6.07) is 15.9. The number of benzene rings is 2. The molecule has 0 aromatic heterocycles. The number of hydrogen-bond donors (Lipinski definition) is 1. The van der Waals surface area contributed by atoms with E-state index in [1.165, 1.54) is 11.1 Å². The highest BCUT2D eigenvalue weighted by atomic mass is 32.2. The van der Waals surface area contributed by atoms with Gasteiger partial charge in [0.25, 0.3) is 0 Å². The van der Waals surface area contributed by atoms with Gasteiger partial charge >= 0.3 is 0 Å². The highest BCUT2D eigenvalue weighted by Crippen LogP contribution is 2.31. The third kappa shape index (κ3) is 3.41. The minimum Gasteiger partial charge on any atom is -0.389 e. The van der Waals surface area contributed by atoms with Gasteiger partial charge in [-0.15, -0.1) is 11.8 Å². The molecule has 2 rings (SSSR count). The van der Waals surface area contributed by atoms with E-state index in [0.29, 0.717) is 5.56 Å². The lowest BCUT2D eigenvalue weighted by molar-refractivity contribution is 0.196. The first-order valence-corrected chi connectivity index (χ1v) is 7.50. The van der Waals surface area contributed by atoms with Crippen LogP contribution in [0.5, 0.6) is 0 Å². The lowest BCUT2D eigenvalue weighted by Crippen LogP contribution is -1.95. The molecule has 1 unspecified atom stereocenters. The maximum absolute atomic E-state index is 9.82. The van der Waals surface area contributed by atoms with Crippen molar-refractivity contribution in [1.82, 2.24) is 0 Å². The van der Waals surface area contributed by atoms with Crippen molar-refractivity contribution in [3.05, 3.63) is 64.7 Å². The van der Waals surface area contributed by atoms with Crippen molar-refractivity contribution in [3.8, 4) is 6.07 Å². The second-order valence-corrected chi connectivity index (χ2v) is 5.77. The molecular formula is C17H17NOS. The van der Waals surface area contributed by atoms with Crippen LogP contribution in [0.1, 0.15) is 35.3 Å². The molecule has 2 aromatic rings. The molecule has 0 fully saturated rings. The van der Waals surface area contributed by atoms with E-state index in [1.54, 1.807) is 24.8 Å². The van der Waals surface area contributed by atoms with Gasteiger partial charge in [-0.2, -0.15) is 5.26 Å². The molecule has 0 amide bonds. The average Bonchev–Trinajstić information content (AvgIpc) is 2.46. The summed E-state index contributed by atoms with van der Waals surface area (Å²) < 4.78 is 0. The maximum Gasteiger partial charge on any atom is 0.0992 e. The first kappa shape index (κ1) is 14.6. The first-order chi connectivity index (χ1) is 9.61. The van der Waals surface area contributed by atoms with Crippen LogP contribution in [0.15, 0.2) is 47.4 Å². The van der Waals surface area contributed by atoms with Crippen LogP contribution in [-0.2, 0) is 5.75 Å². The van der Waals surface area contributed by atoms with Crippen LogP contribution in [0.2, 0.25) is 0 Å². The minimum atomic E-state index is -0.526. The molecule has 0 radical (unpaired) electrons. The Morgan fingerprint density at radius 2 is 2.00 bits per heavy atom. The van der Waals surface area contributed by atoms with Crippen LogP contribution >= 0.6 is 11.8 Å².